The zero-order chi connectivity index (χ0) is 20.2. The van der Waals surface area contributed by atoms with Crippen LogP contribution in [0.1, 0.15) is 36.5 Å². The van der Waals surface area contributed by atoms with Gasteiger partial charge in [-0.2, -0.15) is 0 Å². The Bertz CT molecular complexity index is 1110. The van der Waals surface area contributed by atoms with Crippen LogP contribution in [0.5, 0.6) is 0 Å². The molecule has 1 heterocycles. The van der Waals surface area contributed by atoms with Gasteiger partial charge in [0.1, 0.15) is 0 Å². The Hall–Kier alpha value is -3.04. The summed E-state index contributed by atoms with van der Waals surface area (Å²) in [5, 5.41) is 0.771. The molecule has 0 radical (unpaired) electrons. The molecule has 0 spiro atoms. The maximum Gasteiger partial charge on any atom is 0.210 e. The van der Waals surface area contributed by atoms with Gasteiger partial charge in [0.25, 0.3) is 0 Å². The Morgan fingerprint density at radius 1 is 0.828 bits per heavy atom. The molecule has 0 aliphatic rings. The van der Waals surface area contributed by atoms with E-state index in [1.165, 1.54) is 16.7 Å². The first-order valence-electron chi connectivity index (χ1n) is 9.87. The van der Waals surface area contributed by atoms with Gasteiger partial charge in [0.05, 0.1) is 10.6 Å². The second-order valence-electron chi connectivity index (χ2n) is 7.49. The van der Waals surface area contributed by atoms with Crippen LogP contribution in [0.2, 0.25) is 0 Å². The number of thiazole rings is 1. The summed E-state index contributed by atoms with van der Waals surface area (Å²) in [6, 6.07) is 27.5. The van der Waals surface area contributed by atoms with Crippen molar-refractivity contribution in [2.45, 2.75) is 26.7 Å². The van der Waals surface area contributed by atoms with Crippen LogP contribution in [-0.4, -0.2) is 11.2 Å². The zero-order valence-electron chi connectivity index (χ0n) is 17.0. The number of benzene rings is 3. The fraction of sp³-hybridized carbons (Fsp3) is 0.154. The van der Waals surface area contributed by atoms with Crippen LogP contribution in [0.3, 0.4) is 0 Å². The van der Waals surface area contributed by atoms with Crippen LogP contribution in [-0.2, 0) is 0 Å². The third-order valence-electron chi connectivity index (χ3n) is 4.90. The second-order valence-corrected chi connectivity index (χ2v) is 8.46. The smallest absolute Gasteiger partial charge is 0.210 e. The van der Waals surface area contributed by atoms with Gasteiger partial charge >= 0.3 is 0 Å². The highest BCUT2D eigenvalue weighted by atomic mass is 32.1. The molecule has 2 nitrogen and oxygen atoms in total. The van der Waals surface area contributed by atoms with E-state index in [-0.39, 0.29) is 0 Å². The lowest BCUT2D eigenvalue weighted by atomic mass is 10.0. The minimum absolute atomic E-state index is 0.533. The number of nitrogens with zero attached hydrogens (tertiary/aromatic N) is 2. The van der Waals surface area contributed by atoms with Crippen molar-refractivity contribution in [2.75, 3.05) is 0 Å². The standard InChI is InChI=1S/C26H24N2S/c1-18(2)21-15-11-20(12-16-21)17-27-26-28-24(22-13-9-19(3)10-14-22)25(29-26)23-7-5-4-6-8-23/h4-18H,1-3H3. The summed E-state index contributed by atoms with van der Waals surface area (Å²) >= 11 is 1.63. The molecule has 1 aromatic heterocycles. The van der Waals surface area contributed by atoms with Crippen molar-refractivity contribution in [2.24, 2.45) is 4.99 Å². The molecule has 0 bridgehead atoms. The van der Waals surface area contributed by atoms with E-state index in [2.05, 4.69) is 98.6 Å². The number of aromatic nitrogens is 1. The first-order chi connectivity index (χ1) is 14.1. The molecule has 0 N–H and O–H groups in total. The number of aliphatic imine (C=N–C) groups is 1. The molecule has 0 saturated carbocycles. The van der Waals surface area contributed by atoms with E-state index < -0.39 is 0 Å². The Labute approximate surface area is 176 Å². The van der Waals surface area contributed by atoms with Gasteiger partial charge in [-0.05, 0) is 29.5 Å². The molecule has 0 aliphatic carbocycles. The van der Waals surface area contributed by atoms with Crippen LogP contribution < -0.4 is 0 Å². The number of rotatable bonds is 5. The average molecular weight is 397 g/mol. The summed E-state index contributed by atoms with van der Waals surface area (Å²) in [4.78, 5) is 10.7. The summed E-state index contributed by atoms with van der Waals surface area (Å²) in [5.41, 5.74) is 6.95. The Morgan fingerprint density at radius 2 is 1.52 bits per heavy atom. The maximum atomic E-state index is 4.87. The van der Waals surface area contributed by atoms with Crippen molar-refractivity contribution in [3.8, 4) is 21.7 Å². The van der Waals surface area contributed by atoms with E-state index in [0.29, 0.717) is 5.92 Å². The first kappa shape index (κ1) is 19.3. The van der Waals surface area contributed by atoms with Crippen molar-refractivity contribution < 1.29 is 0 Å². The number of aryl methyl sites for hydroxylation is 1. The van der Waals surface area contributed by atoms with E-state index >= 15 is 0 Å². The van der Waals surface area contributed by atoms with Crippen molar-refractivity contribution in [3.63, 3.8) is 0 Å². The molecule has 29 heavy (non-hydrogen) atoms. The van der Waals surface area contributed by atoms with Gasteiger partial charge in [-0.25, -0.2) is 9.98 Å². The fourth-order valence-electron chi connectivity index (χ4n) is 3.15. The van der Waals surface area contributed by atoms with Crippen LogP contribution in [0.4, 0.5) is 5.13 Å². The van der Waals surface area contributed by atoms with Gasteiger partial charge in [0.15, 0.2) is 0 Å². The first-order valence-corrected chi connectivity index (χ1v) is 10.7. The summed E-state index contributed by atoms with van der Waals surface area (Å²) in [6.45, 7) is 6.51. The minimum atomic E-state index is 0.533. The molecule has 0 saturated heterocycles. The average Bonchev–Trinajstić information content (AvgIpc) is 3.18. The lowest BCUT2D eigenvalue weighted by Gasteiger charge is -2.04. The van der Waals surface area contributed by atoms with Gasteiger partial charge in [-0.3, -0.25) is 0 Å². The number of hydrogen-bond donors (Lipinski definition) is 0. The highest BCUT2D eigenvalue weighted by molar-refractivity contribution is 7.19. The van der Waals surface area contributed by atoms with Gasteiger partial charge in [-0.1, -0.05) is 110 Å². The highest BCUT2D eigenvalue weighted by Gasteiger charge is 2.14. The lowest BCUT2D eigenvalue weighted by Crippen LogP contribution is -1.88. The predicted molar refractivity (Wildman–Crippen MR) is 126 cm³/mol. The van der Waals surface area contributed by atoms with Gasteiger partial charge in [-0.15, -0.1) is 0 Å². The van der Waals surface area contributed by atoms with Crippen molar-refractivity contribution in [3.05, 3.63) is 95.6 Å². The summed E-state index contributed by atoms with van der Waals surface area (Å²) in [6.07, 6.45) is 1.90. The topological polar surface area (TPSA) is 25.2 Å². The molecule has 0 atom stereocenters. The van der Waals surface area contributed by atoms with Crippen molar-refractivity contribution in [1.29, 1.82) is 0 Å². The van der Waals surface area contributed by atoms with E-state index in [1.54, 1.807) is 11.3 Å². The third-order valence-corrected chi connectivity index (χ3v) is 5.92. The quantitative estimate of drug-likeness (QED) is 0.318. The molecule has 0 fully saturated rings. The molecule has 0 amide bonds. The van der Waals surface area contributed by atoms with Crippen LogP contribution in [0, 0.1) is 6.92 Å². The molecule has 3 heteroatoms. The Kier molecular flexibility index (Phi) is 5.68. The lowest BCUT2D eigenvalue weighted by molar-refractivity contribution is 0.866. The normalized spacial score (nSPS) is 11.4. The van der Waals surface area contributed by atoms with E-state index in [0.717, 1.165) is 26.8 Å². The SMILES string of the molecule is Cc1ccc(-c2nc(N=Cc3ccc(C(C)C)cc3)sc2-c2ccccc2)cc1. The van der Waals surface area contributed by atoms with E-state index in [1.807, 2.05) is 12.3 Å². The van der Waals surface area contributed by atoms with E-state index in [9.17, 15) is 0 Å². The van der Waals surface area contributed by atoms with Gasteiger partial charge in [0.2, 0.25) is 5.13 Å². The molecule has 4 aromatic rings. The summed E-state index contributed by atoms with van der Waals surface area (Å²) < 4.78 is 0. The predicted octanol–water partition coefficient (Wildman–Crippen LogP) is 7.66. The van der Waals surface area contributed by atoms with Crippen molar-refractivity contribution >= 4 is 22.7 Å². The van der Waals surface area contributed by atoms with E-state index in [4.69, 9.17) is 4.98 Å². The zero-order valence-corrected chi connectivity index (χ0v) is 17.8. The molecule has 0 aliphatic heterocycles. The largest absolute Gasteiger partial charge is 0.227 e. The van der Waals surface area contributed by atoms with Crippen LogP contribution >= 0.6 is 11.3 Å². The number of hydrogen-bond acceptors (Lipinski definition) is 3. The second kappa shape index (κ2) is 8.54. The molecular weight excluding hydrogens is 372 g/mol. The molecule has 144 valence electrons. The molecule has 0 unspecified atom stereocenters. The Balaban J connectivity index is 1.70. The molecule has 3 aromatic carbocycles. The molecular formula is C26H24N2S. The minimum Gasteiger partial charge on any atom is -0.227 e. The maximum absolute atomic E-state index is 4.87. The monoisotopic (exact) mass is 396 g/mol. The fourth-order valence-corrected chi connectivity index (χ4v) is 4.09. The van der Waals surface area contributed by atoms with Crippen molar-refractivity contribution in [1.82, 2.24) is 4.98 Å². The van der Waals surface area contributed by atoms with Crippen LogP contribution in [0.25, 0.3) is 21.7 Å². The summed E-state index contributed by atoms with van der Waals surface area (Å²) in [7, 11) is 0. The Morgan fingerprint density at radius 3 is 2.17 bits per heavy atom. The van der Waals surface area contributed by atoms with Crippen LogP contribution in [0.15, 0.2) is 83.9 Å². The van der Waals surface area contributed by atoms with Gasteiger partial charge < -0.3 is 0 Å². The van der Waals surface area contributed by atoms with Gasteiger partial charge in [0, 0.05) is 11.8 Å². The summed E-state index contributed by atoms with van der Waals surface area (Å²) in [5.74, 6) is 0.533. The third kappa shape index (κ3) is 4.52. The highest BCUT2D eigenvalue weighted by Crippen LogP contribution is 2.40. The molecule has 4 rings (SSSR count).